The Morgan fingerprint density at radius 1 is 1.24 bits per heavy atom. The number of fused-ring (bicyclic) bond motifs is 1. The zero-order valence-corrected chi connectivity index (χ0v) is 14.2. The molecule has 0 radical (unpaired) electrons. The molecule has 0 fully saturated rings. The fourth-order valence-corrected chi connectivity index (χ4v) is 3.08. The molecule has 6 heteroatoms. The number of aliphatic carboxylic acids is 1. The van der Waals surface area contributed by atoms with E-state index in [1.54, 1.807) is 37.3 Å². The summed E-state index contributed by atoms with van der Waals surface area (Å²) in [5.41, 5.74) is 1.15. The average molecular weight is 360 g/mol. The van der Waals surface area contributed by atoms with E-state index < -0.39 is 11.8 Å². The Kier molecular flexibility index (Phi) is 4.59. The van der Waals surface area contributed by atoms with E-state index in [0.717, 1.165) is 0 Å². The standard InChI is InChI=1S/C19H15ClFNO3/c1-11-15(21)3-2-4-16-18(11)13(9-17(23)24)10-22(16)19(25)12-5-7-14(20)8-6-12/h3-8,10H,2,9H2,1H3,(H,23,24). The predicted molar refractivity (Wildman–Crippen MR) is 93.6 cm³/mol. The van der Waals surface area contributed by atoms with Crippen LogP contribution in [-0.4, -0.2) is 21.6 Å². The Morgan fingerprint density at radius 2 is 1.92 bits per heavy atom. The maximum absolute atomic E-state index is 14.2. The summed E-state index contributed by atoms with van der Waals surface area (Å²) in [6, 6.07) is 6.41. The van der Waals surface area contributed by atoms with Crippen molar-refractivity contribution in [3.63, 3.8) is 0 Å². The Bertz CT molecular complexity index is 1020. The summed E-state index contributed by atoms with van der Waals surface area (Å²) in [5, 5.41) is 10.6. The first-order valence-corrected chi connectivity index (χ1v) is 8.05. The molecule has 2 aromatic rings. The van der Waals surface area contributed by atoms with Gasteiger partial charge in [-0.15, -0.1) is 0 Å². The van der Waals surface area contributed by atoms with Gasteiger partial charge in [0.15, 0.2) is 0 Å². The maximum atomic E-state index is 14.2. The van der Waals surface area contributed by atoms with Gasteiger partial charge in [0.05, 0.1) is 11.8 Å². The molecule has 0 spiro atoms. The molecule has 0 bridgehead atoms. The summed E-state index contributed by atoms with van der Waals surface area (Å²) >= 11 is 5.85. The number of rotatable bonds is 3. The second-order valence-electron chi connectivity index (χ2n) is 5.78. The van der Waals surface area contributed by atoms with Crippen LogP contribution in [0, 0.1) is 0 Å². The fourth-order valence-electron chi connectivity index (χ4n) is 2.95. The Labute approximate surface area is 148 Å². The molecule has 25 heavy (non-hydrogen) atoms. The molecule has 0 unspecified atom stereocenters. The molecule has 0 saturated heterocycles. The molecular formula is C19H15ClFNO3. The summed E-state index contributed by atoms with van der Waals surface area (Å²) < 4.78 is 15.5. The number of aromatic nitrogens is 1. The van der Waals surface area contributed by atoms with Crippen LogP contribution >= 0.6 is 11.6 Å². The fraction of sp³-hybridized carbons (Fsp3) is 0.158. The van der Waals surface area contributed by atoms with E-state index in [9.17, 15) is 14.0 Å². The summed E-state index contributed by atoms with van der Waals surface area (Å²) in [6.45, 7) is 1.59. The van der Waals surface area contributed by atoms with Crippen LogP contribution in [0.4, 0.5) is 4.39 Å². The van der Waals surface area contributed by atoms with Crippen molar-refractivity contribution in [1.82, 2.24) is 4.57 Å². The number of hydrogen-bond donors (Lipinski definition) is 1. The topological polar surface area (TPSA) is 59.3 Å². The molecule has 1 aromatic heterocycles. The van der Waals surface area contributed by atoms with Gasteiger partial charge < -0.3 is 5.11 Å². The third-order valence-corrected chi connectivity index (χ3v) is 4.37. The lowest BCUT2D eigenvalue weighted by molar-refractivity contribution is -0.136. The van der Waals surface area contributed by atoms with Crippen molar-refractivity contribution in [2.75, 3.05) is 0 Å². The van der Waals surface area contributed by atoms with Gasteiger partial charge in [-0.05, 0) is 54.8 Å². The number of carboxylic acids is 1. The highest BCUT2D eigenvalue weighted by Crippen LogP contribution is 2.15. The summed E-state index contributed by atoms with van der Waals surface area (Å²) in [4.78, 5) is 24.0. The van der Waals surface area contributed by atoms with Crippen LogP contribution in [-0.2, 0) is 11.2 Å². The monoisotopic (exact) mass is 359 g/mol. The number of hydrogen-bond acceptors (Lipinski definition) is 2. The Morgan fingerprint density at radius 3 is 2.56 bits per heavy atom. The first kappa shape index (κ1) is 17.2. The number of carbonyl (C=O) groups excluding carboxylic acids is 1. The summed E-state index contributed by atoms with van der Waals surface area (Å²) in [5.74, 6) is -1.77. The minimum atomic E-state index is -1.04. The van der Waals surface area contributed by atoms with E-state index in [4.69, 9.17) is 16.7 Å². The minimum Gasteiger partial charge on any atom is -0.481 e. The van der Waals surface area contributed by atoms with Crippen LogP contribution in [0.15, 0.2) is 42.4 Å². The van der Waals surface area contributed by atoms with Gasteiger partial charge >= 0.3 is 5.97 Å². The van der Waals surface area contributed by atoms with E-state index in [2.05, 4.69) is 0 Å². The van der Waals surface area contributed by atoms with Crippen molar-refractivity contribution in [3.05, 3.63) is 69.1 Å². The van der Waals surface area contributed by atoms with E-state index in [-0.39, 0.29) is 12.3 Å². The zero-order chi connectivity index (χ0) is 18.1. The van der Waals surface area contributed by atoms with Gasteiger partial charge in [0.2, 0.25) is 0 Å². The third kappa shape index (κ3) is 3.28. The normalized spacial score (nSPS) is 13.6. The van der Waals surface area contributed by atoms with Crippen molar-refractivity contribution >= 4 is 35.1 Å². The molecular weight excluding hydrogens is 345 g/mol. The van der Waals surface area contributed by atoms with Gasteiger partial charge in [-0.25, -0.2) is 4.39 Å². The van der Waals surface area contributed by atoms with E-state index >= 15 is 0 Å². The van der Waals surface area contributed by atoms with Crippen LogP contribution in [0.2, 0.25) is 5.02 Å². The smallest absolute Gasteiger partial charge is 0.307 e. The lowest BCUT2D eigenvalue weighted by Crippen LogP contribution is -2.35. The quantitative estimate of drug-likeness (QED) is 0.916. The molecule has 0 amide bonds. The van der Waals surface area contributed by atoms with Crippen molar-refractivity contribution in [1.29, 1.82) is 0 Å². The van der Waals surface area contributed by atoms with E-state index in [1.807, 2.05) is 0 Å². The van der Waals surface area contributed by atoms with Crippen molar-refractivity contribution in [2.45, 2.75) is 19.8 Å². The molecule has 0 aliphatic heterocycles. The minimum absolute atomic E-state index is 0.290. The highest BCUT2D eigenvalue weighted by atomic mass is 35.5. The summed E-state index contributed by atoms with van der Waals surface area (Å²) in [6.07, 6.45) is 4.65. The lowest BCUT2D eigenvalue weighted by atomic mass is 10.1. The van der Waals surface area contributed by atoms with Crippen LogP contribution in [0.25, 0.3) is 11.6 Å². The second-order valence-corrected chi connectivity index (χ2v) is 6.22. The third-order valence-electron chi connectivity index (χ3n) is 4.11. The Hall–Kier alpha value is -2.66. The van der Waals surface area contributed by atoms with Gasteiger partial charge in [0, 0.05) is 22.0 Å². The van der Waals surface area contributed by atoms with Gasteiger partial charge in [-0.3, -0.25) is 14.2 Å². The van der Waals surface area contributed by atoms with Crippen molar-refractivity contribution in [3.8, 4) is 0 Å². The van der Waals surface area contributed by atoms with Crippen LogP contribution in [0.1, 0.15) is 29.3 Å². The van der Waals surface area contributed by atoms with Crippen molar-refractivity contribution < 1.29 is 19.1 Å². The molecule has 0 atom stereocenters. The molecule has 0 saturated carbocycles. The van der Waals surface area contributed by atoms with Crippen LogP contribution in [0.3, 0.4) is 0 Å². The zero-order valence-electron chi connectivity index (χ0n) is 13.4. The number of benzene rings is 1. The Balaban J connectivity index is 2.25. The van der Waals surface area contributed by atoms with Gasteiger partial charge in [-0.1, -0.05) is 17.7 Å². The SMILES string of the molecule is CC1=c2c(CC(=O)O)cn(C(=O)c3ccc(Cl)cc3)c2=CCC=C1F. The number of halogens is 2. The molecule has 1 heterocycles. The number of carboxylic acid groups (broad SMARTS) is 1. The maximum Gasteiger partial charge on any atom is 0.307 e. The second kappa shape index (κ2) is 6.69. The van der Waals surface area contributed by atoms with Gasteiger partial charge in [0.1, 0.15) is 5.83 Å². The van der Waals surface area contributed by atoms with Crippen LogP contribution in [0.5, 0.6) is 0 Å². The number of nitrogens with zero attached hydrogens (tertiary/aromatic N) is 1. The first-order chi connectivity index (χ1) is 11.9. The highest BCUT2D eigenvalue weighted by Gasteiger charge is 2.18. The van der Waals surface area contributed by atoms with E-state index in [1.165, 1.54) is 16.8 Å². The van der Waals surface area contributed by atoms with Gasteiger partial charge in [0.25, 0.3) is 5.91 Å². The molecule has 1 N–H and O–H groups in total. The number of allylic oxidation sites excluding steroid dienone is 2. The van der Waals surface area contributed by atoms with E-state index in [0.29, 0.717) is 38.7 Å². The lowest BCUT2D eigenvalue weighted by Gasteiger charge is -2.03. The van der Waals surface area contributed by atoms with Crippen molar-refractivity contribution in [2.24, 2.45) is 0 Å². The molecule has 1 aromatic carbocycles. The largest absolute Gasteiger partial charge is 0.481 e. The highest BCUT2D eigenvalue weighted by molar-refractivity contribution is 6.30. The van der Waals surface area contributed by atoms with Gasteiger partial charge in [-0.2, -0.15) is 0 Å². The number of carbonyl (C=O) groups is 2. The molecule has 1 aliphatic rings. The summed E-state index contributed by atoms with van der Waals surface area (Å²) in [7, 11) is 0. The average Bonchev–Trinajstić information content (AvgIpc) is 2.83. The molecule has 4 nitrogen and oxygen atoms in total. The predicted octanol–water partition coefficient (Wildman–Crippen LogP) is 2.67. The first-order valence-electron chi connectivity index (χ1n) is 7.68. The van der Waals surface area contributed by atoms with Crippen LogP contribution < -0.4 is 10.6 Å². The molecule has 1 aliphatic carbocycles. The molecule has 3 rings (SSSR count). The molecule has 128 valence electrons.